The molecule has 0 atom stereocenters. The molecule has 198 valence electrons. The summed E-state index contributed by atoms with van der Waals surface area (Å²) in [6.07, 6.45) is 5.65. The summed E-state index contributed by atoms with van der Waals surface area (Å²) in [5.74, 6) is -1.48. The lowest BCUT2D eigenvalue weighted by molar-refractivity contribution is 0.0917. The smallest absolute Gasteiger partial charge is 0.337 e. The van der Waals surface area contributed by atoms with Crippen LogP contribution in [0.2, 0.25) is 0 Å². The summed E-state index contributed by atoms with van der Waals surface area (Å²) >= 11 is 2.13. The van der Waals surface area contributed by atoms with Crippen LogP contribution < -0.4 is 16.6 Å². The first-order valence-electron chi connectivity index (χ1n) is 12.3. The Balaban J connectivity index is 1.28. The number of fused-ring (bicyclic) bond motifs is 2. The number of imidazole rings is 1. The Kier molecular flexibility index (Phi) is 6.49. The predicted molar refractivity (Wildman–Crippen MR) is 148 cm³/mol. The van der Waals surface area contributed by atoms with Crippen molar-refractivity contribution >= 4 is 45.2 Å². The van der Waals surface area contributed by atoms with Crippen LogP contribution in [-0.4, -0.2) is 35.5 Å². The molecule has 1 aromatic carbocycles. The molecule has 1 fully saturated rings. The number of nitrogens with one attached hydrogen (secondary N) is 1. The number of rotatable bonds is 4. The second kappa shape index (κ2) is 9.98. The summed E-state index contributed by atoms with van der Waals surface area (Å²) in [5, 5.41) is 2.97. The van der Waals surface area contributed by atoms with Gasteiger partial charge in [-0.25, -0.2) is 28.1 Å². The molecule has 0 saturated heterocycles. The number of aromatic nitrogens is 5. The van der Waals surface area contributed by atoms with E-state index >= 15 is 0 Å². The summed E-state index contributed by atoms with van der Waals surface area (Å²) in [7, 11) is 0. The van der Waals surface area contributed by atoms with Crippen LogP contribution in [-0.2, 0) is 0 Å². The molecule has 1 saturated carbocycles. The van der Waals surface area contributed by atoms with Crippen LogP contribution in [0.15, 0.2) is 70.6 Å². The van der Waals surface area contributed by atoms with E-state index in [9.17, 15) is 23.2 Å². The third kappa shape index (κ3) is 4.73. The second-order valence-corrected chi connectivity index (χ2v) is 10.8. The van der Waals surface area contributed by atoms with Crippen molar-refractivity contribution in [3.63, 3.8) is 0 Å². The maximum absolute atomic E-state index is 14.1. The van der Waals surface area contributed by atoms with Crippen molar-refractivity contribution in [2.75, 3.05) is 0 Å². The van der Waals surface area contributed by atoms with E-state index in [4.69, 9.17) is 0 Å². The fraction of sp³-hybridized carbons (Fsp3) is 0.222. The molecule has 1 amide bonds. The molecule has 0 bridgehead atoms. The van der Waals surface area contributed by atoms with Gasteiger partial charge in [-0.15, -0.1) is 0 Å². The molecule has 6 rings (SSSR count). The maximum atomic E-state index is 14.1. The average molecular weight is 642 g/mol. The Morgan fingerprint density at radius 2 is 1.79 bits per heavy atom. The van der Waals surface area contributed by atoms with Crippen LogP contribution in [0.4, 0.5) is 8.78 Å². The molecule has 1 N–H and O–H groups in total. The number of carbonyl (C=O) groups is 1. The molecule has 0 aliphatic heterocycles. The number of pyridine rings is 2. The first-order chi connectivity index (χ1) is 18.8. The number of hydrogen-bond acceptors (Lipinski definition) is 5. The molecule has 0 radical (unpaired) electrons. The third-order valence-electron chi connectivity index (χ3n) is 7.00. The summed E-state index contributed by atoms with van der Waals surface area (Å²) in [6, 6.07) is 10.5. The van der Waals surface area contributed by atoms with Gasteiger partial charge in [-0.3, -0.25) is 14.2 Å². The van der Waals surface area contributed by atoms with E-state index in [2.05, 4.69) is 37.9 Å². The van der Waals surface area contributed by atoms with Gasteiger partial charge < -0.3 is 9.72 Å². The van der Waals surface area contributed by atoms with Gasteiger partial charge in [-0.1, -0.05) is 6.07 Å². The van der Waals surface area contributed by atoms with Gasteiger partial charge in [0.05, 0.1) is 17.3 Å². The molecule has 5 aromatic rings. The molecule has 0 spiro atoms. The Hall–Kier alpha value is -3.94. The van der Waals surface area contributed by atoms with Gasteiger partial charge in [0.1, 0.15) is 23.0 Å². The van der Waals surface area contributed by atoms with Gasteiger partial charge in [0.2, 0.25) is 0 Å². The molecule has 9 nitrogen and oxygen atoms in total. The van der Waals surface area contributed by atoms with Gasteiger partial charge in [-0.05, 0) is 84.7 Å². The van der Waals surface area contributed by atoms with Crippen LogP contribution in [0.25, 0.3) is 22.4 Å². The fourth-order valence-electron chi connectivity index (χ4n) is 5.16. The zero-order valence-corrected chi connectivity index (χ0v) is 22.5. The topological polar surface area (TPSA) is 103 Å². The average Bonchev–Trinajstić information content (AvgIpc) is 3.34. The van der Waals surface area contributed by atoms with Crippen molar-refractivity contribution < 1.29 is 13.6 Å². The summed E-state index contributed by atoms with van der Waals surface area (Å²) in [4.78, 5) is 48.3. The van der Waals surface area contributed by atoms with Crippen molar-refractivity contribution in [3.05, 3.63) is 103 Å². The number of hydrogen-bond donors (Lipinski definition) is 1. The van der Waals surface area contributed by atoms with Crippen LogP contribution in [0.1, 0.15) is 42.2 Å². The summed E-state index contributed by atoms with van der Waals surface area (Å²) in [5.41, 5.74) is 0.113. The Morgan fingerprint density at radius 3 is 2.56 bits per heavy atom. The van der Waals surface area contributed by atoms with Crippen LogP contribution in [0, 0.1) is 15.2 Å². The van der Waals surface area contributed by atoms with E-state index in [1.807, 2.05) is 6.07 Å². The molecular formula is C27H21F2IN6O3. The third-order valence-corrected chi connectivity index (χ3v) is 7.67. The zero-order valence-electron chi connectivity index (χ0n) is 20.4. The first-order valence-corrected chi connectivity index (χ1v) is 13.4. The highest BCUT2D eigenvalue weighted by Gasteiger charge is 2.28. The lowest BCUT2D eigenvalue weighted by Gasteiger charge is -2.30. The molecular weight excluding hydrogens is 621 g/mol. The van der Waals surface area contributed by atoms with Crippen molar-refractivity contribution in [1.82, 2.24) is 28.8 Å². The van der Waals surface area contributed by atoms with Crippen LogP contribution in [0.3, 0.4) is 0 Å². The molecule has 0 unspecified atom stereocenters. The van der Waals surface area contributed by atoms with E-state index in [0.29, 0.717) is 37.0 Å². The molecule has 4 aromatic heterocycles. The van der Waals surface area contributed by atoms with Gasteiger partial charge >= 0.3 is 5.69 Å². The largest absolute Gasteiger partial charge is 0.348 e. The zero-order chi connectivity index (χ0) is 27.3. The number of halogens is 3. The fourth-order valence-corrected chi connectivity index (χ4v) is 5.69. The van der Waals surface area contributed by atoms with Gasteiger partial charge in [0.15, 0.2) is 5.65 Å². The van der Waals surface area contributed by atoms with Crippen LogP contribution >= 0.6 is 22.6 Å². The normalized spacial score (nSPS) is 17.5. The molecule has 39 heavy (non-hydrogen) atoms. The number of amides is 1. The van der Waals surface area contributed by atoms with E-state index in [1.54, 1.807) is 18.2 Å². The molecule has 1 aliphatic carbocycles. The summed E-state index contributed by atoms with van der Waals surface area (Å²) in [6.45, 7) is 0. The Labute approximate surface area is 233 Å². The van der Waals surface area contributed by atoms with E-state index in [1.165, 1.54) is 38.1 Å². The minimum absolute atomic E-state index is 0.0205. The number of benzene rings is 1. The maximum Gasteiger partial charge on any atom is 0.337 e. The molecule has 1 aliphatic rings. The van der Waals surface area contributed by atoms with Crippen LogP contribution in [0.5, 0.6) is 0 Å². The van der Waals surface area contributed by atoms with Gasteiger partial charge in [0, 0.05) is 28.0 Å². The van der Waals surface area contributed by atoms with Crippen molar-refractivity contribution in [3.8, 4) is 5.69 Å². The van der Waals surface area contributed by atoms with Crippen molar-refractivity contribution in [1.29, 1.82) is 0 Å². The predicted octanol–water partition coefficient (Wildman–Crippen LogP) is 3.99. The second-order valence-electron chi connectivity index (χ2n) is 9.52. The Morgan fingerprint density at radius 1 is 1.00 bits per heavy atom. The van der Waals surface area contributed by atoms with Gasteiger partial charge in [0.25, 0.3) is 11.5 Å². The van der Waals surface area contributed by atoms with Gasteiger partial charge in [-0.2, -0.15) is 0 Å². The summed E-state index contributed by atoms with van der Waals surface area (Å²) < 4.78 is 32.5. The Bertz CT molecular complexity index is 1870. The van der Waals surface area contributed by atoms with Crippen molar-refractivity contribution in [2.24, 2.45) is 0 Å². The minimum atomic E-state index is -0.667. The van der Waals surface area contributed by atoms with E-state index in [-0.39, 0.29) is 28.7 Å². The number of nitrogens with zero attached hydrogens (tertiary/aromatic N) is 5. The quantitative estimate of drug-likeness (QED) is 0.299. The monoisotopic (exact) mass is 642 g/mol. The lowest BCUT2D eigenvalue weighted by atomic mass is 9.90. The standard InChI is InChI=1S/C27H21F2IN6O3/c28-15-4-9-23-33-22(14-34(23)13-15)25(37)32-18-5-7-19(8-6-18)36-26(38)21-10-16(29)12-31-24(21)35(27(36)39)20-3-1-2-17(30)11-20/h1-4,9-14,18-19H,5-8H2,(H,32,37)/t18-,19+. The highest BCUT2D eigenvalue weighted by Crippen LogP contribution is 2.28. The number of carbonyl (C=O) groups excluding carboxylic acids is 1. The van der Waals surface area contributed by atoms with Crippen molar-refractivity contribution in [2.45, 2.75) is 37.8 Å². The molecule has 4 heterocycles. The highest BCUT2D eigenvalue weighted by atomic mass is 127. The first kappa shape index (κ1) is 25.3. The highest BCUT2D eigenvalue weighted by molar-refractivity contribution is 14.1. The SMILES string of the molecule is O=C(N[C@H]1CC[C@@H](n2c(=O)c3cc(F)cnc3n(-c3cccc(I)c3)c2=O)CC1)c1cn2cc(F)ccc2n1. The van der Waals surface area contributed by atoms with E-state index < -0.39 is 28.9 Å². The lowest BCUT2D eigenvalue weighted by Crippen LogP contribution is -2.45. The van der Waals surface area contributed by atoms with E-state index in [0.717, 1.165) is 15.8 Å². The minimum Gasteiger partial charge on any atom is -0.348 e. The molecule has 12 heteroatoms.